The van der Waals surface area contributed by atoms with Gasteiger partial charge in [0.1, 0.15) is 0 Å². The number of aromatic nitrogens is 4. The normalized spacial score (nSPS) is 14.1. The van der Waals surface area contributed by atoms with E-state index in [1.54, 1.807) is 0 Å². The van der Waals surface area contributed by atoms with Gasteiger partial charge in [0.2, 0.25) is 0 Å². The van der Waals surface area contributed by atoms with Gasteiger partial charge in [-0.3, -0.25) is 0 Å². The van der Waals surface area contributed by atoms with Crippen molar-refractivity contribution in [2.24, 2.45) is 0 Å². The first-order valence-corrected chi connectivity index (χ1v) is 20.0. The Bertz CT molecular complexity index is 2280. The number of para-hydroxylation sites is 2. The summed E-state index contributed by atoms with van der Waals surface area (Å²) in [6.07, 6.45) is 10.1. The summed E-state index contributed by atoms with van der Waals surface area (Å²) >= 11 is 0. The molecule has 2 heterocycles. The van der Waals surface area contributed by atoms with Crippen LogP contribution < -0.4 is 0 Å². The highest BCUT2D eigenvalue weighted by atomic mass is 28.3. The number of hydrogen-bond donors (Lipinski definition) is 0. The molecule has 8 rings (SSSR count). The van der Waals surface area contributed by atoms with Gasteiger partial charge in [0.15, 0.2) is 17.5 Å². The van der Waals surface area contributed by atoms with Crippen molar-refractivity contribution in [3.05, 3.63) is 162 Å². The fraction of sp³-hybridized carbons (Fsp3) is 0.0930. The Kier molecular flexibility index (Phi) is 7.54. The number of benzene rings is 5. The van der Waals surface area contributed by atoms with E-state index in [-0.39, 0.29) is 0 Å². The average molecular weight is 637 g/mol. The van der Waals surface area contributed by atoms with Crippen LogP contribution in [-0.4, -0.2) is 27.6 Å². The number of rotatable bonds is 6. The van der Waals surface area contributed by atoms with Crippen LogP contribution in [0.1, 0.15) is 12.0 Å². The van der Waals surface area contributed by atoms with E-state index in [0.717, 1.165) is 45.4 Å². The molecule has 0 amide bonds. The van der Waals surface area contributed by atoms with E-state index in [1.807, 2.05) is 36.4 Å². The molecule has 232 valence electrons. The van der Waals surface area contributed by atoms with E-state index in [0.29, 0.717) is 17.5 Å². The summed E-state index contributed by atoms with van der Waals surface area (Å²) < 4.78 is 2.36. The standard InChI is InChI=1S/C43H36N4Si/c1-48(2,3)40-25-15-10-20-33(40)28-30-26-27-39(47-37-23-13-11-21-34(37)35-22-12-14-24-38(35)47)36(29-30)43-45-41(31-16-6-4-7-17-31)44-42(46-43)32-18-8-5-9-19-32/h4-19,21-29H,20H2,1-3H3/b33-28-. The molecule has 5 heteroatoms. The molecule has 0 fully saturated rings. The third kappa shape index (κ3) is 5.52. The lowest BCUT2D eigenvalue weighted by Gasteiger charge is -2.25. The summed E-state index contributed by atoms with van der Waals surface area (Å²) in [6, 6.07) is 44.4. The first-order chi connectivity index (χ1) is 23.4. The molecule has 1 aliphatic carbocycles. The van der Waals surface area contributed by atoms with Crippen LogP contribution in [0.25, 0.3) is 67.7 Å². The van der Waals surface area contributed by atoms with Gasteiger partial charge in [0.05, 0.1) is 24.8 Å². The topological polar surface area (TPSA) is 43.6 Å². The van der Waals surface area contributed by atoms with Crippen LogP contribution in [0.3, 0.4) is 0 Å². The number of allylic oxidation sites excluding steroid dienone is 5. The van der Waals surface area contributed by atoms with E-state index < -0.39 is 8.07 Å². The molecule has 0 N–H and O–H groups in total. The minimum Gasteiger partial charge on any atom is -0.309 e. The fourth-order valence-corrected chi connectivity index (χ4v) is 8.51. The van der Waals surface area contributed by atoms with Gasteiger partial charge in [-0.05, 0) is 41.8 Å². The first-order valence-electron chi connectivity index (χ1n) is 16.5. The third-order valence-corrected chi connectivity index (χ3v) is 11.1. The molecular weight excluding hydrogens is 601 g/mol. The van der Waals surface area contributed by atoms with Gasteiger partial charge in [0.25, 0.3) is 0 Å². The second kappa shape index (κ2) is 12.2. The predicted molar refractivity (Wildman–Crippen MR) is 204 cm³/mol. The Labute approximate surface area is 282 Å². The van der Waals surface area contributed by atoms with Crippen molar-refractivity contribution >= 4 is 36.0 Å². The summed E-state index contributed by atoms with van der Waals surface area (Å²) in [6.45, 7) is 7.26. The Morgan fingerprint density at radius 1 is 0.604 bits per heavy atom. The van der Waals surface area contributed by atoms with E-state index in [9.17, 15) is 0 Å². The zero-order valence-electron chi connectivity index (χ0n) is 27.4. The van der Waals surface area contributed by atoms with Crippen LogP contribution in [-0.2, 0) is 0 Å². The maximum atomic E-state index is 5.20. The molecule has 7 aromatic rings. The van der Waals surface area contributed by atoms with Gasteiger partial charge in [-0.2, -0.15) is 0 Å². The van der Waals surface area contributed by atoms with Gasteiger partial charge in [0, 0.05) is 27.5 Å². The second-order valence-corrected chi connectivity index (χ2v) is 18.4. The zero-order chi connectivity index (χ0) is 32.7. The molecule has 0 unspecified atom stereocenters. The first kappa shape index (κ1) is 29.7. The number of nitrogens with zero attached hydrogens (tertiary/aromatic N) is 4. The van der Waals surface area contributed by atoms with Gasteiger partial charge < -0.3 is 4.57 Å². The highest BCUT2D eigenvalue weighted by Crippen LogP contribution is 2.38. The van der Waals surface area contributed by atoms with E-state index in [2.05, 4.69) is 140 Å². The van der Waals surface area contributed by atoms with Gasteiger partial charge in [-0.15, -0.1) is 0 Å². The molecule has 0 bridgehead atoms. The Balaban J connectivity index is 1.42. The Morgan fingerprint density at radius 2 is 1.15 bits per heavy atom. The summed E-state index contributed by atoms with van der Waals surface area (Å²) in [7, 11) is -1.55. The maximum Gasteiger partial charge on any atom is 0.166 e. The molecule has 0 saturated carbocycles. The molecular formula is C43H36N4Si. The second-order valence-electron chi connectivity index (χ2n) is 13.3. The fourth-order valence-electron chi connectivity index (χ4n) is 6.77. The highest BCUT2D eigenvalue weighted by molar-refractivity contribution is 6.84. The SMILES string of the molecule is C[Si](C)(C)C1=CC=CC/C1=C/c1ccc(-n2c3ccccc3c3ccccc32)c(-c2nc(-c3ccccc3)nc(-c3ccccc3)n2)c1. The van der Waals surface area contributed by atoms with Crippen LogP contribution in [0, 0.1) is 0 Å². The summed E-state index contributed by atoms with van der Waals surface area (Å²) in [5.74, 6) is 1.94. The van der Waals surface area contributed by atoms with E-state index in [1.165, 1.54) is 21.5 Å². The van der Waals surface area contributed by atoms with Gasteiger partial charge >= 0.3 is 0 Å². The molecule has 0 radical (unpaired) electrons. The average Bonchev–Trinajstić information content (AvgIpc) is 3.46. The number of fused-ring (bicyclic) bond motifs is 3. The Morgan fingerprint density at radius 3 is 1.73 bits per heavy atom. The molecule has 48 heavy (non-hydrogen) atoms. The lowest BCUT2D eigenvalue weighted by Crippen LogP contribution is -2.25. The molecule has 0 atom stereocenters. The van der Waals surface area contributed by atoms with Crippen LogP contribution >= 0.6 is 0 Å². The lowest BCUT2D eigenvalue weighted by molar-refractivity contribution is 1.06. The van der Waals surface area contributed by atoms with Crippen molar-refractivity contribution in [3.8, 4) is 39.9 Å². The maximum absolute atomic E-state index is 5.20. The molecule has 0 spiro atoms. The number of hydrogen-bond acceptors (Lipinski definition) is 3. The smallest absolute Gasteiger partial charge is 0.166 e. The third-order valence-electron chi connectivity index (χ3n) is 9.01. The van der Waals surface area contributed by atoms with Crippen molar-refractivity contribution in [3.63, 3.8) is 0 Å². The van der Waals surface area contributed by atoms with Crippen molar-refractivity contribution in [1.29, 1.82) is 0 Å². The zero-order valence-corrected chi connectivity index (χ0v) is 28.4. The Hall–Kier alpha value is -5.65. The van der Waals surface area contributed by atoms with E-state index >= 15 is 0 Å². The molecule has 1 aliphatic rings. The highest BCUT2D eigenvalue weighted by Gasteiger charge is 2.24. The van der Waals surface area contributed by atoms with Crippen molar-refractivity contribution in [2.75, 3.05) is 0 Å². The largest absolute Gasteiger partial charge is 0.309 e. The predicted octanol–water partition coefficient (Wildman–Crippen LogP) is 11.1. The van der Waals surface area contributed by atoms with Crippen LogP contribution in [0.2, 0.25) is 19.6 Å². The summed E-state index contributed by atoms with van der Waals surface area (Å²) in [4.78, 5) is 15.4. The molecule has 2 aromatic heterocycles. The molecule has 4 nitrogen and oxygen atoms in total. The van der Waals surface area contributed by atoms with Crippen LogP contribution in [0.5, 0.6) is 0 Å². The van der Waals surface area contributed by atoms with Crippen LogP contribution in [0.4, 0.5) is 0 Å². The minimum atomic E-state index is -1.55. The monoisotopic (exact) mass is 636 g/mol. The summed E-state index contributed by atoms with van der Waals surface area (Å²) in [5, 5.41) is 3.93. The van der Waals surface area contributed by atoms with Crippen molar-refractivity contribution in [2.45, 2.75) is 26.1 Å². The molecule has 0 saturated heterocycles. The quantitative estimate of drug-likeness (QED) is 0.171. The lowest BCUT2D eigenvalue weighted by atomic mass is 10.0. The molecule has 0 aliphatic heterocycles. The molecule has 5 aromatic carbocycles. The van der Waals surface area contributed by atoms with Crippen LogP contribution in [0.15, 0.2) is 156 Å². The minimum absolute atomic E-state index is 0.643. The van der Waals surface area contributed by atoms with Gasteiger partial charge in [-0.1, -0.05) is 152 Å². The van der Waals surface area contributed by atoms with E-state index in [4.69, 9.17) is 15.0 Å². The van der Waals surface area contributed by atoms with Crippen molar-refractivity contribution < 1.29 is 0 Å². The summed E-state index contributed by atoms with van der Waals surface area (Å²) in [5.41, 5.74) is 8.70. The van der Waals surface area contributed by atoms with Gasteiger partial charge in [-0.25, -0.2) is 15.0 Å². The van der Waals surface area contributed by atoms with Crippen molar-refractivity contribution in [1.82, 2.24) is 19.5 Å².